The molecule has 0 aliphatic heterocycles. The molecular formula is C17H17NO. The van der Waals surface area contributed by atoms with E-state index < -0.39 is 0 Å². The average Bonchev–Trinajstić information content (AvgIpc) is 3.23. The Morgan fingerprint density at radius 1 is 1.00 bits per heavy atom. The van der Waals surface area contributed by atoms with Crippen LogP contribution in [0, 0.1) is 6.92 Å². The Hall–Kier alpha value is -2.09. The number of rotatable bonds is 4. The fourth-order valence-corrected chi connectivity index (χ4v) is 2.37. The molecule has 2 nitrogen and oxygen atoms in total. The SMILES string of the molecule is Cc1ccccc1NC1(C(=O)c2ccccc2)CC1. The molecule has 1 aliphatic carbocycles. The third-order valence-electron chi connectivity index (χ3n) is 3.74. The Morgan fingerprint density at radius 3 is 2.26 bits per heavy atom. The predicted molar refractivity (Wildman–Crippen MR) is 77.5 cm³/mol. The standard InChI is InChI=1S/C17H17NO/c1-13-7-5-6-10-15(13)18-17(11-12-17)16(19)14-8-3-2-4-9-14/h2-10,18H,11-12H2,1H3. The van der Waals surface area contributed by atoms with Crippen LogP contribution in [0.5, 0.6) is 0 Å². The molecule has 2 aromatic rings. The first kappa shape index (κ1) is 12.0. The third kappa shape index (κ3) is 2.26. The van der Waals surface area contributed by atoms with Crippen LogP contribution in [0.4, 0.5) is 5.69 Å². The molecule has 1 saturated carbocycles. The number of aryl methyl sites for hydroxylation is 1. The van der Waals surface area contributed by atoms with Gasteiger partial charge in [-0.3, -0.25) is 4.79 Å². The first-order valence-corrected chi connectivity index (χ1v) is 6.65. The highest BCUT2D eigenvalue weighted by Gasteiger charge is 2.50. The molecule has 1 fully saturated rings. The van der Waals surface area contributed by atoms with Gasteiger partial charge in [0, 0.05) is 11.3 Å². The summed E-state index contributed by atoms with van der Waals surface area (Å²) in [5.41, 5.74) is 2.65. The molecule has 19 heavy (non-hydrogen) atoms. The molecule has 0 bridgehead atoms. The van der Waals surface area contributed by atoms with E-state index in [1.54, 1.807) is 0 Å². The van der Waals surface area contributed by atoms with E-state index in [-0.39, 0.29) is 11.3 Å². The monoisotopic (exact) mass is 251 g/mol. The largest absolute Gasteiger partial charge is 0.372 e. The summed E-state index contributed by atoms with van der Waals surface area (Å²) in [7, 11) is 0. The number of ketones is 1. The van der Waals surface area contributed by atoms with Gasteiger partial charge in [-0.2, -0.15) is 0 Å². The van der Waals surface area contributed by atoms with Gasteiger partial charge < -0.3 is 5.32 Å². The predicted octanol–water partition coefficient (Wildman–Crippen LogP) is 3.82. The lowest BCUT2D eigenvalue weighted by Crippen LogP contribution is -2.32. The normalized spacial score (nSPS) is 15.8. The molecule has 2 aromatic carbocycles. The molecule has 0 unspecified atom stereocenters. The number of hydrogen-bond acceptors (Lipinski definition) is 2. The van der Waals surface area contributed by atoms with Gasteiger partial charge in [0.2, 0.25) is 0 Å². The van der Waals surface area contributed by atoms with Gasteiger partial charge in [0.15, 0.2) is 5.78 Å². The van der Waals surface area contributed by atoms with Crippen molar-refractivity contribution >= 4 is 11.5 Å². The number of nitrogens with one attached hydrogen (secondary N) is 1. The van der Waals surface area contributed by atoms with E-state index in [0.717, 1.165) is 24.1 Å². The van der Waals surface area contributed by atoms with Gasteiger partial charge in [-0.15, -0.1) is 0 Å². The van der Waals surface area contributed by atoms with Crippen LogP contribution in [0.15, 0.2) is 54.6 Å². The number of carbonyl (C=O) groups excluding carboxylic acids is 1. The van der Waals surface area contributed by atoms with Crippen LogP contribution in [-0.4, -0.2) is 11.3 Å². The summed E-state index contributed by atoms with van der Waals surface area (Å²) in [6.45, 7) is 2.06. The number of hydrogen-bond donors (Lipinski definition) is 1. The first-order valence-electron chi connectivity index (χ1n) is 6.65. The van der Waals surface area contributed by atoms with E-state index in [4.69, 9.17) is 0 Å². The zero-order valence-corrected chi connectivity index (χ0v) is 11.0. The van der Waals surface area contributed by atoms with Crippen LogP contribution in [-0.2, 0) is 0 Å². The highest BCUT2D eigenvalue weighted by molar-refractivity contribution is 6.07. The smallest absolute Gasteiger partial charge is 0.188 e. The van der Waals surface area contributed by atoms with Crippen molar-refractivity contribution in [1.82, 2.24) is 0 Å². The van der Waals surface area contributed by atoms with Gasteiger partial charge >= 0.3 is 0 Å². The minimum Gasteiger partial charge on any atom is -0.372 e. The van der Waals surface area contributed by atoms with Crippen LogP contribution in [0.2, 0.25) is 0 Å². The van der Waals surface area contributed by atoms with Crippen molar-refractivity contribution in [3.05, 3.63) is 65.7 Å². The summed E-state index contributed by atoms with van der Waals surface area (Å²) < 4.78 is 0. The minimum atomic E-state index is -0.381. The Morgan fingerprint density at radius 2 is 1.63 bits per heavy atom. The number of para-hydroxylation sites is 1. The molecule has 0 spiro atoms. The molecule has 1 N–H and O–H groups in total. The van der Waals surface area contributed by atoms with Crippen molar-refractivity contribution < 1.29 is 4.79 Å². The Kier molecular flexibility index (Phi) is 2.86. The van der Waals surface area contributed by atoms with Crippen LogP contribution in [0.3, 0.4) is 0 Å². The molecule has 0 aromatic heterocycles. The molecule has 1 aliphatic rings. The van der Waals surface area contributed by atoms with Crippen molar-refractivity contribution in [2.45, 2.75) is 25.3 Å². The number of anilines is 1. The maximum Gasteiger partial charge on any atom is 0.188 e. The van der Waals surface area contributed by atoms with E-state index in [0.29, 0.717) is 0 Å². The van der Waals surface area contributed by atoms with E-state index >= 15 is 0 Å². The molecule has 0 saturated heterocycles. The van der Waals surface area contributed by atoms with Crippen molar-refractivity contribution in [3.63, 3.8) is 0 Å². The van der Waals surface area contributed by atoms with Crippen molar-refractivity contribution in [1.29, 1.82) is 0 Å². The summed E-state index contributed by atoms with van der Waals surface area (Å²) in [4.78, 5) is 12.6. The first-order chi connectivity index (χ1) is 9.21. The molecule has 3 rings (SSSR count). The highest BCUT2D eigenvalue weighted by atomic mass is 16.1. The van der Waals surface area contributed by atoms with Gasteiger partial charge in [-0.1, -0.05) is 48.5 Å². The summed E-state index contributed by atoms with van der Waals surface area (Å²) in [6, 6.07) is 17.7. The van der Waals surface area contributed by atoms with Crippen LogP contribution < -0.4 is 5.32 Å². The Labute approximate surface area is 113 Å². The van der Waals surface area contributed by atoms with E-state index in [1.807, 2.05) is 48.5 Å². The summed E-state index contributed by atoms with van der Waals surface area (Å²) in [5, 5.41) is 3.45. The lowest BCUT2D eigenvalue weighted by molar-refractivity contribution is 0.0958. The van der Waals surface area contributed by atoms with E-state index in [9.17, 15) is 4.79 Å². The zero-order valence-electron chi connectivity index (χ0n) is 11.0. The van der Waals surface area contributed by atoms with Gasteiger partial charge in [0.05, 0.1) is 0 Å². The van der Waals surface area contributed by atoms with Gasteiger partial charge in [-0.05, 0) is 31.4 Å². The zero-order chi connectivity index (χ0) is 13.3. The quantitative estimate of drug-likeness (QED) is 0.837. The lowest BCUT2D eigenvalue weighted by Gasteiger charge is -2.19. The summed E-state index contributed by atoms with van der Waals surface area (Å²) in [6.07, 6.45) is 1.82. The van der Waals surface area contributed by atoms with Crippen molar-refractivity contribution in [2.75, 3.05) is 5.32 Å². The molecule has 0 heterocycles. The molecular weight excluding hydrogens is 234 g/mol. The van der Waals surface area contributed by atoms with Gasteiger partial charge in [0.1, 0.15) is 5.54 Å². The molecule has 0 radical (unpaired) electrons. The number of Topliss-reactive ketones (excluding diaryl/α,β-unsaturated/α-hetero) is 1. The van der Waals surface area contributed by atoms with Crippen LogP contribution >= 0.6 is 0 Å². The second kappa shape index (κ2) is 4.54. The number of carbonyl (C=O) groups is 1. The third-order valence-corrected chi connectivity index (χ3v) is 3.74. The summed E-state index contributed by atoms with van der Waals surface area (Å²) in [5.74, 6) is 0.205. The van der Waals surface area contributed by atoms with E-state index in [2.05, 4.69) is 18.3 Å². The van der Waals surface area contributed by atoms with Crippen molar-refractivity contribution in [3.8, 4) is 0 Å². The maximum absolute atomic E-state index is 12.6. The fraction of sp³-hybridized carbons (Fsp3) is 0.235. The Bertz CT molecular complexity index is 600. The lowest BCUT2D eigenvalue weighted by atomic mass is 10.0. The molecule has 96 valence electrons. The van der Waals surface area contributed by atoms with Crippen molar-refractivity contribution in [2.24, 2.45) is 0 Å². The average molecular weight is 251 g/mol. The Balaban J connectivity index is 1.85. The molecule has 0 amide bonds. The molecule has 0 atom stereocenters. The maximum atomic E-state index is 12.6. The highest BCUT2D eigenvalue weighted by Crippen LogP contribution is 2.42. The fourth-order valence-electron chi connectivity index (χ4n) is 2.37. The van der Waals surface area contributed by atoms with Crippen LogP contribution in [0.1, 0.15) is 28.8 Å². The van der Waals surface area contributed by atoms with E-state index in [1.165, 1.54) is 5.56 Å². The topological polar surface area (TPSA) is 29.1 Å². The minimum absolute atomic E-state index is 0.205. The number of benzene rings is 2. The second-order valence-electron chi connectivity index (χ2n) is 5.22. The summed E-state index contributed by atoms with van der Waals surface area (Å²) >= 11 is 0. The van der Waals surface area contributed by atoms with Gasteiger partial charge in [-0.25, -0.2) is 0 Å². The van der Waals surface area contributed by atoms with Crippen LogP contribution in [0.25, 0.3) is 0 Å². The van der Waals surface area contributed by atoms with Gasteiger partial charge in [0.25, 0.3) is 0 Å². The molecule has 2 heteroatoms. The second-order valence-corrected chi connectivity index (χ2v) is 5.22.